The molecular weight excluding hydrogens is 170 g/mol. The minimum atomic E-state index is -0.430. The van der Waals surface area contributed by atoms with Crippen LogP contribution in [0.4, 0.5) is 0 Å². The quantitative estimate of drug-likeness (QED) is 0.215. The van der Waals surface area contributed by atoms with Gasteiger partial charge >= 0.3 is 5.97 Å². The molecule has 0 N–H and O–H groups in total. The maximum atomic E-state index is 11.0. The molecule has 0 spiro atoms. The van der Waals surface area contributed by atoms with Crippen molar-refractivity contribution in [1.29, 1.82) is 0 Å². The monoisotopic (exact) mass is 183 g/mol. The number of methoxy groups -OCH3 is 1. The first kappa shape index (κ1) is 11.5. The van der Waals surface area contributed by atoms with Gasteiger partial charge in [-0.05, 0) is 12.0 Å². The second-order valence-electron chi connectivity index (χ2n) is 2.40. The largest absolute Gasteiger partial charge is 0.466 e. The fourth-order valence-corrected chi connectivity index (χ4v) is 0.770. The van der Waals surface area contributed by atoms with Crippen molar-refractivity contribution in [3.63, 3.8) is 0 Å². The van der Waals surface area contributed by atoms with Gasteiger partial charge in [-0.2, -0.15) is 0 Å². The molecule has 0 aromatic heterocycles. The number of nitrogens with zero attached hydrogens (tertiary/aromatic N) is 3. The summed E-state index contributed by atoms with van der Waals surface area (Å²) in [5, 5.41) is 3.31. The average Bonchev–Trinajstić information content (AvgIpc) is 2.17. The lowest BCUT2D eigenvalue weighted by Gasteiger charge is -2.00. The standard InChI is InChI=1S/C8H13N3O2/c1-3-4-5-7(6-10-11-9)8(12)13-2/h5H,3-4,6H2,1-2H3/b7-5+. The minimum Gasteiger partial charge on any atom is -0.466 e. The van der Waals surface area contributed by atoms with E-state index in [1.165, 1.54) is 7.11 Å². The van der Waals surface area contributed by atoms with E-state index in [1.54, 1.807) is 6.08 Å². The number of carbonyl (C=O) groups is 1. The number of azide groups is 1. The molecule has 0 unspecified atom stereocenters. The first-order chi connectivity index (χ1) is 6.26. The molecule has 0 aromatic carbocycles. The molecule has 0 saturated carbocycles. The molecule has 0 aliphatic rings. The second kappa shape index (κ2) is 7.18. The van der Waals surface area contributed by atoms with Gasteiger partial charge < -0.3 is 4.74 Å². The van der Waals surface area contributed by atoms with Crippen LogP contribution < -0.4 is 0 Å². The molecule has 0 aliphatic heterocycles. The number of allylic oxidation sites excluding steroid dienone is 1. The molecule has 0 saturated heterocycles. The van der Waals surface area contributed by atoms with E-state index in [1.807, 2.05) is 6.92 Å². The van der Waals surface area contributed by atoms with Crippen LogP contribution in [-0.2, 0) is 9.53 Å². The Balaban J connectivity index is 4.34. The van der Waals surface area contributed by atoms with Crippen molar-refractivity contribution < 1.29 is 9.53 Å². The molecule has 5 heteroatoms. The van der Waals surface area contributed by atoms with Crippen LogP contribution in [0.3, 0.4) is 0 Å². The minimum absolute atomic E-state index is 0.0587. The highest BCUT2D eigenvalue weighted by atomic mass is 16.5. The summed E-state index contributed by atoms with van der Waals surface area (Å²) >= 11 is 0. The Morgan fingerprint density at radius 1 is 1.69 bits per heavy atom. The van der Waals surface area contributed by atoms with Gasteiger partial charge in [0.15, 0.2) is 0 Å². The number of carbonyl (C=O) groups excluding carboxylic acids is 1. The van der Waals surface area contributed by atoms with Gasteiger partial charge in [0.05, 0.1) is 13.7 Å². The SMILES string of the molecule is CCC/C=C(\CN=[N+]=[N-])C(=O)OC. The lowest BCUT2D eigenvalue weighted by molar-refractivity contribution is -0.136. The highest BCUT2D eigenvalue weighted by Gasteiger charge is 2.06. The van der Waals surface area contributed by atoms with Crippen molar-refractivity contribution in [2.24, 2.45) is 5.11 Å². The van der Waals surface area contributed by atoms with Crippen molar-refractivity contribution >= 4 is 5.97 Å². The summed E-state index contributed by atoms with van der Waals surface area (Å²) in [4.78, 5) is 13.6. The molecule has 5 nitrogen and oxygen atoms in total. The lowest BCUT2D eigenvalue weighted by Crippen LogP contribution is -2.07. The fourth-order valence-electron chi connectivity index (χ4n) is 0.770. The second-order valence-corrected chi connectivity index (χ2v) is 2.40. The summed E-state index contributed by atoms with van der Waals surface area (Å²) in [5.74, 6) is -0.430. The summed E-state index contributed by atoms with van der Waals surface area (Å²) in [6.07, 6.45) is 3.46. The number of rotatable bonds is 5. The topological polar surface area (TPSA) is 75.1 Å². The van der Waals surface area contributed by atoms with Gasteiger partial charge in [0.2, 0.25) is 0 Å². The molecule has 13 heavy (non-hydrogen) atoms. The molecular formula is C8H13N3O2. The summed E-state index contributed by atoms with van der Waals surface area (Å²) < 4.78 is 4.52. The van der Waals surface area contributed by atoms with Crippen LogP contribution in [0.1, 0.15) is 19.8 Å². The number of esters is 1. The number of hydrogen-bond acceptors (Lipinski definition) is 3. The van der Waals surface area contributed by atoms with Crippen LogP contribution in [0.2, 0.25) is 0 Å². The third-order valence-electron chi connectivity index (χ3n) is 1.43. The first-order valence-electron chi connectivity index (χ1n) is 4.04. The van der Waals surface area contributed by atoms with Gasteiger partial charge in [-0.1, -0.05) is 24.5 Å². The molecule has 0 radical (unpaired) electrons. The Labute approximate surface area is 77.0 Å². The Bertz CT molecular complexity index is 242. The van der Waals surface area contributed by atoms with Crippen LogP contribution in [0.5, 0.6) is 0 Å². The Kier molecular flexibility index (Phi) is 6.37. The average molecular weight is 183 g/mol. The summed E-state index contributed by atoms with van der Waals surface area (Å²) in [6, 6.07) is 0. The van der Waals surface area contributed by atoms with Gasteiger partial charge in [-0.15, -0.1) is 0 Å². The van der Waals surface area contributed by atoms with E-state index in [4.69, 9.17) is 5.53 Å². The Morgan fingerprint density at radius 3 is 2.85 bits per heavy atom. The van der Waals surface area contributed by atoms with E-state index in [-0.39, 0.29) is 6.54 Å². The molecule has 0 fully saturated rings. The van der Waals surface area contributed by atoms with Crippen molar-refractivity contribution in [2.75, 3.05) is 13.7 Å². The van der Waals surface area contributed by atoms with Gasteiger partial charge in [0.1, 0.15) is 0 Å². The smallest absolute Gasteiger partial charge is 0.333 e. The molecule has 0 atom stereocenters. The predicted molar refractivity (Wildman–Crippen MR) is 49.0 cm³/mol. The van der Waals surface area contributed by atoms with E-state index in [9.17, 15) is 4.79 Å². The van der Waals surface area contributed by atoms with Gasteiger partial charge in [0, 0.05) is 10.5 Å². The number of hydrogen-bond donors (Lipinski definition) is 0. The van der Waals surface area contributed by atoms with Gasteiger partial charge in [-0.3, -0.25) is 0 Å². The molecule has 0 heterocycles. The van der Waals surface area contributed by atoms with Gasteiger partial charge in [0.25, 0.3) is 0 Å². The van der Waals surface area contributed by atoms with Gasteiger partial charge in [-0.25, -0.2) is 4.79 Å². The zero-order valence-electron chi connectivity index (χ0n) is 7.86. The van der Waals surface area contributed by atoms with Crippen LogP contribution in [0.25, 0.3) is 10.4 Å². The first-order valence-corrected chi connectivity index (χ1v) is 4.04. The Morgan fingerprint density at radius 2 is 2.38 bits per heavy atom. The maximum Gasteiger partial charge on any atom is 0.333 e. The van der Waals surface area contributed by atoms with Crippen molar-refractivity contribution in [3.05, 3.63) is 22.1 Å². The van der Waals surface area contributed by atoms with Crippen LogP contribution in [0, 0.1) is 0 Å². The molecule has 0 aromatic rings. The number of unbranched alkanes of at least 4 members (excludes halogenated alkanes) is 1. The lowest BCUT2D eigenvalue weighted by atomic mass is 10.2. The highest BCUT2D eigenvalue weighted by molar-refractivity contribution is 5.88. The van der Waals surface area contributed by atoms with E-state index in [0.29, 0.717) is 5.57 Å². The zero-order chi connectivity index (χ0) is 10.1. The van der Waals surface area contributed by atoms with E-state index < -0.39 is 5.97 Å². The Hall–Kier alpha value is -1.48. The summed E-state index contributed by atoms with van der Waals surface area (Å²) in [6.45, 7) is 2.06. The van der Waals surface area contributed by atoms with Crippen LogP contribution in [-0.4, -0.2) is 19.6 Å². The van der Waals surface area contributed by atoms with Crippen LogP contribution >= 0.6 is 0 Å². The third kappa shape index (κ3) is 4.87. The molecule has 0 aliphatic carbocycles. The third-order valence-corrected chi connectivity index (χ3v) is 1.43. The van der Waals surface area contributed by atoms with Crippen LogP contribution in [0.15, 0.2) is 16.8 Å². The number of ether oxygens (including phenoxy) is 1. The van der Waals surface area contributed by atoms with E-state index in [0.717, 1.165) is 12.8 Å². The highest BCUT2D eigenvalue weighted by Crippen LogP contribution is 2.02. The zero-order valence-corrected chi connectivity index (χ0v) is 7.86. The molecule has 0 rings (SSSR count). The maximum absolute atomic E-state index is 11.0. The predicted octanol–water partition coefficient (Wildman–Crippen LogP) is 2.20. The normalized spacial score (nSPS) is 10.5. The molecule has 0 amide bonds. The molecule has 0 bridgehead atoms. The fraction of sp³-hybridized carbons (Fsp3) is 0.625. The molecule has 72 valence electrons. The summed E-state index contributed by atoms with van der Waals surface area (Å²) in [5.41, 5.74) is 8.49. The van der Waals surface area contributed by atoms with E-state index >= 15 is 0 Å². The van der Waals surface area contributed by atoms with Crippen molar-refractivity contribution in [1.82, 2.24) is 0 Å². The van der Waals surface area contributed by atoms with E-state index in [2.05, 4.69) is 14.8 Å². The summed E-state index contributed by atoms with van der Waals surface area (Å²) in [7, 11) is 1.30. The van der Waals surface area contributed by atoms with Crippen molar-refractivity contribution in [2.45, 2.75) is 19.8 Å². The van der Waals surface area contributed by atoms with Crippen molar-refractivity contribution in [3.8, 4) is 0 Å².